The standard InChI is InChI=1S/C10H11N3O/c1-6-5-12-9-3-2-7(4-8(6)9)10(14)13-11/h2-5,12H,11H2,1H3,(H,13,14). The van der Waals surface area contributed by atoms with Gasteiger partial charge in [-0.2, -0.15) is 0 Å². The molecule has 0 aliphatic carbocycles. The first-order valence-electron chi connectivity index (χ1n) is 4.31. The van der Waals surface area contributed by atoms with E-state index in [4.69, 9.17) is 5.84 Å². The molecule has 4 N–H and O–H groups in total. The third-order valence-corrected chi connectivity index (χ3v) is 2.28. The van der Waals surface area contributed by atoms with Crippen molar-refractivity contribution >= 4 is 16.8 Å². The molecular weight excluding hydrogens is 178 g/mol. The topological polar surface area (TPSA) is 70.9 Å². The summed E-state index contributed by atoms with van der Waals surface area (Å²) in [5.74, 6) is 4.78. The van der Waals surface area contributed by atoms with Gasteiger partial charge in [0.15, 0.2) is 0 Å². The number of hydrogen-bond donors (Lipinski definition) is 3. The van der Waals surface area contributed by atoms with Crippen LogP contribution in [-0.2, 0) is 0 Å². The van der Waals surface area contributed by atoms with Gasteiger partial charge in [-0.1, -0.05) is 0 Å². The van der Waals surface area contributed by atoms with Crippen molar-refractivity contribution in [3.05, 3.63) is 35.5 Å². The number of hydrazine groups is 1. The molecule has 0 radical (unpaired) electrons. The van der Waals surface area contributed by atoms with Crippen LogP contribution in [0.3, 0.4) is 0 Å². The quantitative estimate of drug-likeness (QED) is 0.357. The number of rotatable bonds is 1. The Hall–Kier alpha value is -1.81. The molecule has 4 heteroatoms. The van der Waals surface area contributed by atoms with Crippen molar-refractivity contribution < 1.29 is 4.79 Å². The Kier molecular flexibility index (Phi) is 1.98. The van der Waals surface area contributed by atoms with E-state index in [2.05, 4.69) is 10.4 Å². The molecule has 1 amide bonds. The Morgan fingerprint density at radius 2 is 2.29 bits per heavy atom. The van der Waals surface area contributed by atoms with Crippen molar-refractivity contribution in [1.82, 2.24) is 10.4 Å². The molecule has 1 aromatic heterocycles. The van der Waals surface area contributed by atoms with E-state index in [0.717, 1.165) is 16.5 Å². The minimum atomic E-state index is -0.271. The summed E-state index contributed by atoms with van der Waals surface area (Å²) >= 11 is 0. The van der Waals surface area contributed by atoms with Crippen LogP contribution in [0.5, 0.6) is 0 Å². The van der Waals surface area contributed by atoms with Crippen LogP contribution in [0.25, 0.3) is 10.9 Å². The fraction of sp³-hybridized carbons (Fsp3) is 0.100. The van der Waals surface area contributed by atoms with Crippen LogP contribution in [0.4, 0.5) is 0 Å². The molecule has 0 saturated carbocycles. The monoisotopic (exact) mass is 189 g/mol. The summed E-state index contributed by atoms with van der Waals surface area (Å²) in [6, 6.07) is 5.43. The number of amides is 1. The first-order valence-corrected chi connectivity index (χ1v) is 4.31. The zero-order valence-corrected chi connectivity index (χ0v) is 7.79. The number of carbonyl (C=O) groups excluding carboxylic acids is 1. The number of aromatic nitrogens is 1. The third-order valence-electron chi connectivity index (χ3n) is 2.28. The number of H-pyrrole nitrogens is 1. The molecule has 14 heavy (non-hydrogen) atoms. The molecule has 2 rings (SSSR count). The number of carbonyl (C=O) groups is 1. The van der Waals surface area contributed by atoms with Gasteiger partial charge in [0, 0.05) is 22.7 Å². The predicted molar refractivity (Wildman–Crippen MR) is 54.7 cm³/mol. The predicted octanol–water partition coefficient (Wildman–Crippen LogP) is 1.08. The summed E-state index contributed by atoms with van der Waals surface area (Å²) < 4.78 is 0. The number of benzene rings is 1. The molecule has 0 aliphatic rings. The molecule has 0 saturated heterocycles. The number of aromatic amines is 1. The maximum absolute atomic E-state index is 11.2. The number of hydrogen-bond acceptors (Lipinski definition) is 2. The van der Waals surface area contributed by atoms with Gasteiger partial charge in [-0.3, -0.25) is 10.2 Å². The van der Waals surface area contributed by atoms with Crippen LogP contribution < -0.4 is 11.3 Å². The lowest BCUT2D eigenvalue weighted by atomic mass is 10.1. The van der Waals surface area contributed by atoms with Crippen molar-refractivity contribution in [3.8, 4) is 0 Å². The van der Waals surface area contributed by atoms with Gasteiger partial charge in [0.2, 0.25) is 0 Å². The summed E-state index contributed by atoms with van der Waals surface area (Å²) in [5.41, 5.74) is 4.82. The molecule has 1 heterocycles. The van der Waals surface area contributed by atoms with E-state index in [-0.39, 0.29) is 5.91 Å². The van der Waals surface area contributed by atoms with Crippen LogP contribution >= 0.6 is 0 Å². The molecule has 2 aromatic rings. The molecule has 72 valence electrons. The molecule has 4 nitrogen and oxygen atoms in total. The van der Waals surface area contributed by atoms with Crippen molar-refractivity contribution in [3.63, 3.8) is 0 Å². The Bertz CT molecular complexity index is 487. The average Bonchev–Trinajstić information content (AvgIpc) is 2.59. The molecule has 0 bridgehead atoms. The summed E-state index contributed by atoms with van der Waals surface area (Å²) in [6.45, 7) is 1.99. The van der Waals surface area contributed by atoms with E-state index in [0.29, 0.717) is 5.56 Å². The summed E-state index contributed by atoms with van der Waals surface area (Å²) in [6.07, 6.45) is 1.91. The number of nitrogens with two attached hydrogens (primary N) is 1. The second-order valence-corrected chi connectivity index (χ2v) is 3.21. The third kappa shape index (κ3) is 1.25. The number of fused-ring (bicyclic) bond motifs is 1. The highest BCUT2D eigenvalue weighted by Crippen LogP contribution is 2.18. The Morgan fingerprint density at radius 1 is 1.50 bits per heavy atom. The van der Waals surface area contributed by atoms with E-state index in [1.807, 2.05) is 25.3 Å². The van der Waals surface area contributed by atoms with Crippen molar-refractivity contribution in [2.24, 2.45) is 5.84 Å². The van der Waals surface area contributed by atoms with E-state index in [9.17, 15) is 4.79 Å². The van der Waals surface area contributed by atoms with Gasteiger partial charge in [0.05, 0.1) is 0 Å². The normalized spacial score (nSPS) is 10.4. The SMILES string of the molecule is Cc1c[nH]c2ccc(C(=O)NN)cc12. The van der Waals surface area contributed by atoms with Gasteiger partial charge in [-0.25, -0.2) is 5.84 Å². The van der Waals surface area contributed by atoms with Crippen molar-refractivity contribution in [2.75, 3.05) is 0 Å². The van der Waals surface area contributed by atoms with E-state index in [1.165, 1.54) is 0 Å². The second-order valence-electron chi connectivity index (χ2n) is 3.21. The molecular formula is C10H11N3O. The number of nitrogens with one attached hydrogen (secondary N) is 2. The summed E-state index contributed by atoms with van der Waals surface area (Å²) in [4.78, 5) is 14.4. The lowest BCUT2D eigenvalue weighted by Crippen LogP contribution is -2.29. The minimum Gasteiger partial charge on any atom is -0.361 e. The van der Waals surface area contributed by atoms with Crippen molar-refractivity contribution in [2.45, 2.75) is 6.92 Å². The van der Waals surface area contributed by atoms with Crippen LogP contribution in [0.1, 0.15) is 15.9 Å². The maximum atomic E-state index is 11.2. The average molecular weight is 189 g/mol. The Balaban J connectivity index is 2.60. The van der Waals surface area contributed by atoms with Gasteiger partial charge in [-0.15, -0.1) is 0 Å². The van der Waals surface area contributed by atoms with Gasteiger partial charge in [-0.05, 0) is 30.7 Å². The van der Waals surface area contributed by atoms with E-state index in [1.54, 1.807) is 6.07 Å². The molecule has 0 fully saturated rings. The number of aryl methyl sites for hydroxylation is 1. The maximum Gasteiger partial charge on any atom is 0.265 e. The summed E-state index contributed by atoms with van der Waals surface area (Å²) in [5, 5.41) is 1.05. The molecule has 0 unspecified atom stereocenters. The van der Waals surface area contributed by atoms with Crippen molar-refractivity contribution in [1.29, 1.82) is 0 Å². The van der Waals surface area contributed by atoms with E-state index < -0.39 is 0 Å². The second kappa shape index (κ2) is 3.16. The van der Waals surface area contributed by atoms with Gasteiger partial charge in [0.1, 0.15) is 0 Å². The highest BCUT2D eigenvalue weighted by atomic mass is 16.2. The smallest absolute Gasteiger partial charge is 0.265 e. The lowest BCUT2D eigenvalue weighted by molar-refractivity contribution is 0.0954. The van der Waals surface area contributed by atoms with Crippen LogP contribution in [0, 0.1) is 6.92 Å². The highest BCUT2D eigenvalue weighted by molar-refractivity contribution is 5.98. The molecule has 0 spiro atoms. The molecule has 1 aromatic carbocycles. The summed E-state index contributed by atoms with van der Waals surface area (Å²) in [7, 11) is 0. The first-order chi connectivity index (χ1) is 6.72. The van der Waals surface area contributed by atoms with Crippen LogP contribution in [-0.4, -0.2) is 10.9 Å². The highest BCUT2D eigenvalue weighted by Gasteiger charge is 2.05. The van der Waals surface area contributed by atoms with Gasteiger partial charge < -0.3 is 4.98 Å². The molecule has 0 atom stereocenters. The Labute approximate surface area is 81.1 Å². The largest absolute Gasteiger partial charge is 0.361 e. The molecule has 0 aliphatic heterocycles. The van der Waals surface area contributed by atoms with Crippen LogP contribution in [0.15, 0.2) is 24.4 Å². The fourth-order valence-electron chi connectivity index (χ4n) is 1.48. The zero-order chi connectivity index (χ0) is 10.1. The van der Waals surface area contributed by atoms with Crippen LogP contribution in [0.2, 0.25) is 0 Å². The van der Waals surface area contributed by atoms with Gasteiger partial charge >= 0.3 is 0 Å². The van der Waals surface area contributed by atoms with Gasteiger partial charge in [0.25, 0.3) is 5.91 Å². The zero-order valence-electron chi connectivity index (χ0n) is 7.79. The number of nitrogen functional groups attached to an aromatic ring is 1. The first kappa shape index (κ1) is 8.77. The minimum absolute atomic E-state index is 0.271. The fourth-order valence-corrected chi connectivity index (χ4v) is 1.48. The Morgan fingerprint density at radius 3 is 3.00 bits per heavy atom. The lowest BCUT2D eigenvalue weighted by Gasteiger charge is -1.99. The van der Waals surface area contributed by atoms with E-state index >= 15 is 0 Å².